The smallest absolute Gasteiger partial charge is 0.122 e. The van der Waals surface area contributed by atoms with E-state index in [1.165, 1.54) is 29.5 Å². The van der Waals surface area contributed by atoms with Gasteiger partial charge < -0.3 is 9.47 Å². The van der Waals surface area contributed by atoms with Crippen molar-refractivity contribution in [1.29, 1.82) is 0 Å². The molecular weight excluding hydrogens is 284 g/mol. The highest BCUT2D eigenvalue weighted by atomic mass is 16.5. The predicted molar refractivity (Wildman–Crippen MR) is 96.5 cm³/mol. The summed E-state index contributed by atoms with van der Waals surface area (Å²) in [5.74, 6) is 2.44. The molecule has 2 aromatic carbocycles. The molecule has 0 saturated heterocycles. The van der Waals surface area contributed by atoms with Gasteiger partial charge in [0.1, 0.15) is 11.5 Å². The van der Waals surface area contributed by atoms with Gasteiger partial charge in [-0.3, -0.25) is 0 Å². The van der Waals surface area contributed by atoms with Crippen LogP contribution in [0, 0.1) is 12.8 Å². The first-order chi connectivity index (χ1) is 11.1. The van der Waals surface area contributed by atoms with Crippen LogP contribution in [-0.4, -0.2) is 14.2 Å². The maximum Gasteiger partial charge on any atom is 0.122 e. The van der Waals surface area contributed by atoms with E-state index >= 15 is 0 Å². The number of ether oxygens (including phenoxy) is 2. The minimum absolute atomic E-state index is 0.702. The molecule has 1 atom stereocenters. The van der Waals surface area contributed by atoms with Crippen molar-refractivity contribution in [3.8, 4) is 11.5 Å². The van der Waals surface area contributed by atoms with E-state index in [9.17, 15) is 0 Å². The highest BCUT2D eigenvalue weighted by molar-refractivity contribution is 5.38. The molecule has 0 amide bonds. The van der Waals surface area contributed by atoms with Crippen LogP contribution in [0.1, 0.15) is 36.5 Å². The zero-order valence-corrected chi connectivity index (χ0v) is 14.8. The molecule has 0 aliphatic carbocycles. The third-order valence-electron chi connectivity index (χ3n) is 4.38. The van der Waals surface area contributed by atoms with Crippen molar-refractivity contribution in [2.75, 3.05) is 14.2 Å². The quantitative estimate of drug-likeness (QED) is 0.666. The Morgan fingerprint density at radius 3 is 1.83 bits per heavy atom. The Morgan fingerprint density at radius 2 is 1.30 bits per heavy atom. The third kappa shape index (κ3) is 5.63. The average molecular weight is 312 g/mol. The Bertz CT molecular complexity index is 579. The van der Waals surface area contributed by atoms with Crippen molar-refractivity contribution in [3.63, 3.8) is 0 Å². The fourth-order valence-corrected chi connectivity index (χ4v) is 2.74. The zero-order valence-electron chi connectivity index (χ0n) is 14.8. The van der Waals surface area contributed by atoms with E-state index in [1.54, 1.807) is 14.2 Å². The van der Waals surface area contributed by atoms with E-state index in [0.29, 0.717) is 5.92 Å². The number of hydrogen-bond acceptors (Lipinski definition) is 2. The van der Waals surface area contributed by atoms with Crippen molar-refractivity contribution in [3.05, 3.63) is 59.2 Å². The lowest BCUT2D eigenvalue weighted by Crippen LogP contribution is -2.00. The first kappa shape index (κ1) is 17.4. The van der Waals surface area contributed by atoms with Crippen molar-refractivity contribution in [2.24, 2.45) is 5.92 Å². The molecule has 0 bridgehead atoms. The van der Waals surface area contributed by atoms with Crippen LogP contribution in [0.2, 0.25) is 0 Å². The molecule has 2 heteroatoms. The predicted octanol–water partition coefficient (Wildman–Crippen LogP) is 5.21. The molecule has 2 aromatic rings. The van der Waals surface area contributed by atoms with Crippen LogP contribution in [0.3, 0.4) is 0 Å². The van der Waals surface area contributed by atoms with Gasteiger partial charge in [0.2, 0.25) is 0 Å². The third-order valence-corrected chi connectivity index (χ3v) is 4.38. The summed E-state index contributed by atoms with van der Waals surface area (Å²) in [4.78, 5) is 0. The molecule has 0 N–H and O–H groups in total. The molecule has 2 nitrogen and oxygen atoms in total. The lowest BCUT2D eigenvalue weighted by atomic mass is 9.94. The van der Waals surface area contributed by atoms with Gasteiger partial charge in [0.05, 0.1) is 14.2 Å². The summed E-state index contributed by atoms with van der Waals surface area (Å²) >= 11 is 0. The second-order valence-electron chi connectivity index (χ2n) is 6.39. The molecule has 0 spiro atoms. The lowest BCUT2D eigenvalue weighted by molar-refractivity contribution is 0.392. The van der Waals surface area contributed by atoms with Gasteiger partial charge in [-0.15, -0.1) is 0 Å². The van der Waals surface area contributed by atoms with Crippen LogP contribution in [0.25, 0.3) is 0 Å². The Labute approximate surface area is 140 Å². The highest BCUT2D eigenvalue weighted by Gasteiger charge is 2.06. The maximum absolute atomic E-state index is 5.34. The summed E-state index contributed by atoms with van der Waals surface area (Å²) in [6.07, 6.45) is 4.62. The molecule has 1 unspecified atom stereocenters. The fraction of sp³-hybridized carbons (Fsp3) is 0.429. The van der Waals surface area contributed by atoms with Crippen molar-refractivity contribution >= 4 is 0 Å². The molecule has 0 saturated carbocycles. The monoisotopic (exact) mass is 312 g/mol. The summed E-state index contributed by atoms with van der Waals surface area (Å²) in [7, 11) is 3.39. The van der Waals surface area contributed by atoms with Crippen LogP contribution in [0.5, 0.6) is 11.5 Å². The van der Waals surface area contributed by atoms with Crippen LogP contribution in [0.15, 0.2) is 42.5 Å². The number of methoxy groups -OCH3 is 2. The zero-order chi connectivity index (χ0) is 16.7. The fourth-order valence-electron chi connectivity index (χ4n) is 2.74. The van der Waals surface area contributed by atoms with Crippen molar-refractivity contribution in [2.45, 2.75) is 39.5 Å². The Balaban J connectivity index is 1.84. The van der Waals surface area contributed by atoms with E-state index in [4.69, 9.17) is 9.47 Å². The first-order valence-corrected chi connectivity index (χ1v) is 8.38. The molecular formula is C21H28O2. The van der Waals surface area contributed by atoms with Gasteiger partial charge in [-0.05, 0) is 61.8 Å². The van der Waals surface area contributed by atoms with Gasteiger partial charge in [0, 0.05) is 6.07 Å². The van der Waals surface area contributed by atoms with Crippen LogP contribution in [-0.2, 0) is 12.8 Å². The highest BCUT2D eigenvalue weighted by Crippen LogP contribution is 2.24. The van der Waals surface area contributed by atoms with Gasteiger partial charge in [-0.25, -0.2) is 0 Å². The topological polar surface area (TPSA) is 18.5 Å². The summed E-state index contributed by atoms with van der Waals surface area (Å²) in [6.45, 7) is 4.47. The summed E-state index contributed by atoms with van der Waals surface area (Å²) < 4.78 is 10.7. The minimum Gasteiger partial charge on any atom is -0.497 e. The van der Waals surface area contributed by atoms with E-state index < -0.39 is 0 Å². The lowest BCUT2D eigenvalue weighted by Gasteiger charge is -2.13. The molecule has 124 valence electrons. The van der Waals surface area contributed by atoms with Gasteiger partial charge in [0.25, 0.3) is 0 Å². The maximum atomic E-state index is 5.34. The Kier molecular flexibility index (Phi) is 6.52. The first-order valence-electron chi connectivity index (χ1n) is 8.38. The molecule has 0 fully saturated rings. The molecule has 0 aliphatic heterocycles. The summed E-state index contributed by atoms with van der Waals surface area (Å²) in [5.41, 5.74) is 4.04. The van der Waals surface area contributed by atoms with Crippen molar-refractivity contribution in [1.82, 2.24) is 0 Å². The van der Waals surface area contributed by atoms with Gasteiger partial charge in [-0.1, -0.05) is 36.8 Å². The summed E-state index contributed by atoms with van der Waals surface area (Å²) in [5, 5.41) is 0. The Morgan fingerprint density at radius 1 is 0.783 bits per heavy atom. The number of benzene rings is 2. The molecule has 0 heterocycles. The van der Waals surface area contributed by atoms with Gasteiger partial charge in [-0.2, -0.15) is 0 Å². The standard InChI is InChI=1S/C21H28O2/c1-16-5-9-18(10-6-16)11-7-17(2)8-12-19-13-20(22-3)15-21(14-19)23-4/h5-6,9-10,13-15,17H,7-8,11-12H2,1-4H3. The van der Waals surface area contributed by atoms with Crippen molar-refractivity contribution < 1.29 is 9.47 Å². The Hall–Kier alpha value is -1.96. The van der Waals surface area contributed by atoms with E-state index in [2.05, 4.69) is 50.2 Å². The molecule has 0 aliphatic rings. The molecule has 0 aromatic heterocycles. The van der Waals surface area contributed by atoms with Crippen LogP contribution >= 0.6 is 0 Å². The van der Waals surface area contributed by atoms with Crippen LogP contribution in [0.4, 0.5) is 0 Å². The largest absolute Gasteiger partial charge is 0.497 e. The molecule has 23 heavy (non-hydrogen) atoms. The SMILES string of the molecule is COc1cc(CCC(C)CCc2ccc(C)cc2)cc(OC)c1. The van der Waals surface area contributed by atoms with Gasteiger partial charge in [0.15, 0.2) is 0 Å². The second-order valence-corrected chi connectivity index (χ2v) is 6.39. The number of hydrogen-bond donors (Lipinski definition) is 0. The average Bonchev–Trinajstić information content (AvgIpc) is 2.59. The van der Waals surface area contributed by atoms with E-state index in [1.807, 2.05) is 6.07 Å². The van der Waals surface area contributed by atoms with Gasteiger partial charge >= 0.3 is 0 Å². The van der Waals surface area contributed by atoms with E-state index in [0.717, 1.165) is 24.3 Å². The second kappa shape index (κ2) is 8.61. The molecule has 2 rings (SSSR count). The molecule has 0 radical (unpaired) electrons. The summed E-state index contributed by atoms with van der Waals surface area (Å²) in [6, 6.07) is 15.0. The number of rotatable bonds is 8. The normalized spacial score (nSPS) is 12.0. The minimum atomic E-state index is 0.702. The van der Waals surface area contributed by atoms with Crippen LogP contribution < -0.4 is 9.47 Å². The number of aryl methyl sites for hydroxylation is 3. The van der Waals surface area contributed by atoms with E-state index in [-0.39, 0.29) is 0 Å².